The number of hydrogen-bond acceptors (Lipinski definition) is 2. The molecule has 2 atom stereocenters. The molecule has 3 heteroatoms. The van der Waals surface area contributed by atoms with E-state index in [0.29, 0.717) is 13.1 Å². The second-order valence-corrected chi connectivity index (χ2v) is 7.17. The van der Waals surface area contributed by atoms with E-state index in [2.05, 4.69) is 65.5 Å². The van der Waals surface area contributed by atoms with E-state index in [1.807, 2.05) is 0 Å². The Hall–Kier alpha value is -1.58. The molecular weight excluding hydrogens is 281 g/mol. The van der Waals surface area contributed by atoms with E-state index in [1.165, 1.54) is 43.1 Å². The van der Waals surface area contributed by atoms with Crippen molar-refractivity contribution in [1.82, 2.24) is 4.81 Å². The third kappa shape index (κ3) is 1.90. The molecule has 0 bridgehead atoms. The van der Waals surface area contributed by atoms with E-state index >= 15 is 0 Å². The Balaban J connectivity index is 1.71. The van der Waals surface area contributed by atoms with E-state index in [4.69, 9.17) is 4.65 Å². The van der Waals surface area contributed by atoms with Crippen molar-refractivity contribution >= 4 is 7.05 Å². The van der Waals surface area contributed by atoms with Gasteiger partial charge in [0.15, 0.2) is 0 Å². The van der Waals surface area contributed by atoms with Gasteiger partial charge in [0.05, 0.1) is 0 Å². The molecule has 3 heterocycles. The summed E-state index contributed by atoms with van der Waals surface area (Å²) in [6.07, 6.45) is 6.39. The van der Waals surface area contributed by atoms with E-state index in [9.17, 15) is 0 Å². The lowest BCUT2D eigenvalue weighted by atomic mass is 9.70. The molecule has 0 unspecified atom stereocenters. The number of nitrogens with zero attached hydrogens (tertiary/aromatic N) is 1. The van der Waals surface area contributed by atoms with Crippen LogP contribution in [-0.2, 0) is 10.3 Å². The third-order valence-corrected chi connectivity index (χ3v) is 6.07. The van der Waals surface area contributed by atoms with Crippen molar-refractivity contribution in [2.75, 3.05) is 0 Å². The van der Waals surface area contributed by atoms with Crippen LogP contribution in [-0.4, -0.2) is 23.9 Å². The van der Waals surface area contributed by atoms with Crippen LogP contribution in [0, 0.1) is 0 Å². The lowest BCUT2D eigenvalue weighted by molar-refractivity contribution is 0.104. The van der Waals surface area contributed by atoms with Crippen molar-refractivity contribution in [1.29, 1.82) is 0 Å². The summed E-state index contributed by atoms with van der Waals surface area (Å²) in [4.78, 5) is 2.71. The first-order valence-corrected chi connectivity index (χ1v) is 8.96. The highest BCUT2D eigenvalue weighted by Gasteiger charge is 2.61. The van der Waals surface area contributed by atoms with Gasteiger partial charge in [0, 0.05) is 12.1 Å². The minimum absolute atomic E-state index is 0.293. The molecule has 3 saturated heterocycles. The largest absolute Gasteiger partial charge is 0.406 e. The molecule has 5 rings (SSSR count). The molecule has 0 aromatic heterocycles. The number of rotatable bonds is 2. The minimum atomic E-state index is -0.299. The van der Waals surface area contributed by atoms with Crippen LogP contribution < -0.4 is 0 Å². The van der Waals surface area contributed by atoms with E-state index in [-0.39, 0.29) is 5.60 Å². The van der Waals surface area contributed by atoms with Crippen LogP contribution in [0.3, 0.4) is 0 Å². The van der Waals surface area contributed by atoms with E-state index < -0.39 is 0 Å². The summed E-state index contributed by atoms with van der Waals surface area (Å²) in [5.74, 6) is 0. The molecule has 2 aromatic rings. The van der Waals surface area contributed by atoms with Gasteiger partial charge in [-0.1, -0.05) is 67.1 Å². The third-order valence-electron chi connectivity index (χ3n) is 6.07. The summed E-state index contributed by atoms with van der Waals surface area (Å²) < 4.78 is 6.88. The predicted octanol–water partition coefficient (Wildman–Crippen LogP) is 4.08. The Kier molecular flexibility index (Phi) is 3.14. The van der Waals surface area contributed by atoms with Crippen LogP contribution in [0.2, 0.25) is 6.32 Å². The van der Waals surface area contributed by atoms with Gasteiger partial charge in [-0.15, -0.1) is 0 Å². The molecule has 3 aliphatic rings. The van der Waals surface area contributed by atoms with Crippen molar-refractivity contribution in [3.8, 4) is 0 Å². The molecule has 2 aromatic carbocycles. The van der Waals surface area contributed by atoms with E-state index in [0.717, 1.165) is 6.04 Å². The summed E-state index contributed by atoms with van der Waals surface area (Å²) in [5, 5.41) is 0. The average Bonchev–Trinajstić information content (AvgIpc) is 3.21. The fraction of sp³-hybridized carbons (Fsp3) is 0.400. The predicted molar refractivity (Wildman–Crippen MR) is 93.2 cm³/mol. The maximum Gasteiger partial charge on any atom is 0.383 e. The summed E-state index contributed by atoms with van der Waals surface area (Å²) >= 11 is 0. The minimum Gasteiger partial charge on any atom is -0.406 e. The summed E-state index contributed by atoms with van der Waals surface area (Å²) in [7, 11) is 0.293. The first kappa shape index (κ1) is 13.8. The molecular formula is C20H22BNO. The first-order valence-electron chi connectivity index (χ1n) is 8.96. The first-order chi connectivity index (χ1) is 11.4. The number of hydrogen-bond donors (Lipinski definition) is 0. The van der Waals surface area contributed by atoms with Crippen LogP contribution >= 0.6 is 0 Å². The van der Waals surface area contributed by atoms with Crippen LogP contribution in [0.25, 0.3) is 0 Å². The molecule has 23 heavy (non-hydrogen) atoms. The molecule has 0 radical (unpaired) electrons. The van der Waals surface area contributed by atoms with Crippen LogP contribution in [0.1, 0.15) is 36.8 Å². The van der Waals surface area contributed by atoms with Crippen LogP contribution in [0.15, 0.2) is 60.7 Å². The average molecular weight is 303 g/mol. The fourth-order valence-electron chi connectivity index (χ4n) is 5.19. The Morgan fingerprint density at radius 2 is 1.52 bits per heavy atom. The van der Waals surface area contributed by atoms with E-state index in [1.54, 1.807) is 0 Å². The quantitative estimate of drug-likeness (QED) is 0.775. The molecule has 0 spiro atoms. The molecule has 0 saturated carbocycles. The summed E-state index contributed by atoms with van der Waals surface area (Å²) in [5.41, 5.74) is 2.32. The van der Waals surface area contributed by atoms with Gasteiger partial charge in [0.25, 0.3) is 0 Å². The Bertz CT molecular complexity index is 650. The van der Waals surface area contributed by atoms with Gasteiger partial charge in [-0.05, 0) is 36.7 Å². The number of benzene rings is 2. The summed E-state index contributed by atoms with van der Waals surface area (Å²) in [6, 6.07) is 23.0. The smallest absolute Gasteiger partial charge is 0.383 e. The zero-order chi connectivity index (χ0) is 15.3. The van der Waals surface area contributed by atoms with Gasteiger partial charge in [-0.3, -0.25) is 0 Å². The Morgan fingerprint density at radius 1 is 0.870 bits per heavy atom. The van der Waals surface area contributed by atoms with Crippen molar-refractivity contribution in [3.63, 3.8) is 0 Å². The highest BCUT2D eigenvalue weighted by atomic mass is 16.5. The Morgan fingerprint density at radius 3 is 2.17 bits per heavy atom. The maximum atomic E-state index is 6.88. The monoisotopic (exact) mass is 303 g/mol. The van der Waals surface area contributed by atoms with Crippen LogP contribution in [0.5, 0.6) is 0 Å². The van der Waals surface area contributed by atoms with Gasteiger partial charge < -0.3 is 9.47 Å². The van der Waals surface area contributed by atoms with Crippen molar-refractivity contribution in [2.24, 2.45) is 0 Å². The van der Waals surface area contributed by atoms with Crippen molar-refractivity contribution in [2.45, 2.75) is 49.7 Å². The highest BCUT2D eigenvalue weighted by Crippen LogP contribution is 2.53. The van der Waals surface area contributed by atoms with Crippen LogP contribution in [0.4, 0.5) is 0 Å². The normalized spacial score (nSPS) is 28.8. The molecule has 3 aliphatic heterocycles. The second kappa shape index (κ2) is 5.22. The standard InChI is InChI=1S/C20H22BNO/c1-3-8-16(9-4-1)20(17-10-5-2-6-11-17)19-14-13-18-12-7-15-21(23-20)22(18)19/h1-6,8-11,18-19H,7,12-15H2/t18-,19-/m0/s1. The fourth-order valence-corrected chi connectivity index (χ4v) is 5.19. The zero-order valence-electron chi connectivity index (χ0n) is 13.4. The summed E-state index contributed by atoms with van der Waals surface area (Å²) in [6.45, 7) is 0. The molecule has 0 N–H and O–H groups in total. The topological polar surface area (TPSA) is 12.5 Å². The Labute approximate surface area is 138 Å². The molecule has 0 aliphatic carbocycles. The van der Waals surface area contributed by atoms with Crippen molar-refractivity contribution < 1.29 is 4.65 Å². The molecule has 0 amide bonds. The highest BCUT2D eigenvalue weighted by molar-refractivity contribution is 6.50. The second-order valence-electron chi connectivity index (χ2n) is 7.17. The SMILES string of the molecule is c1ccc(C2(c3ccccc3)OB3CCC[C@H]4CC[C@@H]2N34)cc1. The van der Waals surface area contributed by atoms with Crippen molar-refractivity contribution in [3.05, 3.63) is 71.8 Å². The van der Waals surface area contributed by atoms with Gasteiger partial charge >= 0.3 is 7.05 Å². The van der Waals surface area contributed by atoms with Gasteiger partial charge in [-0.25, -0.2) is 0 Å². The van der Waals surface area contributed by atoms with Gasteiger partial charge in [-0.2, -0.15) is 0 Å². The molecule has 3 fully saturated rings. The molecule has 116 valence electrons. The van der Waals surface area contributed by atoms with Gasteiger partial charge in [0.1, 0.15) is 5.60 Å². The van der Waals surface area contributed by atoms with Gasteiger partial charge in [0.2, 0.25) is 0 Å². The lowest BCUT2D eigenvalue weighted by Gasteiger charge is -2.36. The molecule has 2 nitrogen and oxygen atoms in total. The lowest BCUT2D eigenvalue weighted by Crippen LogP contribution is -2.46. The zero-order valence-corrected chi connectivity index (χ0v) is 13.4. The maximum absolute atomic E-state index is 6.88.